The van der Waals surface area contributed by atoms with Gasteiger partial charge < -0.3 is 14.4 Å². The van der Waals surface area contributed by atoms with Gasteiger partial charge in [-0.15, -0.1) is 0 Å². The first-order valence-electron chi connectivity index (χ1n) is 16.2. The number of nitrogens with zero attached hydrogens (tertiary/aromatic N) is 8. The SMILES string of the molecule is C[Si](C)(C)CCOCn1c(=O)ncn1-c1ccc(-c2cnc(N3CCOCC3)c3nc(CCc4ccc5ccccc5n4)cn23)cc1. The molecule has 7 rings (SSSR count). The van der Waals surface area contributed by atoms with E-state index in [4.69, 9.17) is 24.4 Å². The molecule has 1 fully saturated rings. The van der Waals surface area contributed by atoms with Gasteiger partial charge in [-0.3, -0.25) is 9.38 Å². The van der Waals surface area contributed by atoms with Crippen molar-refractivity contribution in [2.75, 3.05) is 37.8 Å². The van der Waals surface area contributed by atoms with Crippen LogP contribution in [0.4, 0.5) is 5.82 Å². The first-order chi connectivity index (χ1) is 22.8. The van der Waals surface area contributed by atoms with Crippen molar-refractivity contribution in [2.45, 2.75) is 45.3 Å². The minimum Gasteiger partial charge on any atom is -0.378 e. The molecular weight excluding hydrogens is 609 g/mol. The Morgan fingerprint density at radius 3 is 2.49 bits per heavy atom. The third kappa shape index (κ3) is 6.90. The lowest BCUT2D eigenvalue weighted by molar-refractivity contribution is 0.0711. The maximum absolute atomic E-state index is 12.5. The number of fused-ring (bicyclic) bond motifs is 2. The van der Waals surface area contributed by atoms with Gasteiger partial charge in [0.25, 0.3) is 0 Å². The highest BCUT2D eigenvalue weighted by Crippen LogP contribution is 2.28. The van der Waals surface area contributed by atoms with Crippen molar-refractivity contribution < 1.29 is 9.47 Å². The van der Waals surface area contributed by atoms with Crippen LogP contribution in [0.15, 0.2) is 84.2 Å². The van der Waals surface area contributed by atoms with Crippen LogP contribution in [0.3, 0.4) is 0 Å². The molecule has 12 heteroatoms. The first-order valence-corrected chi connectivity index (χ1v) is 19.9. The van der Waals surface area contributed by atoms with E-state index in [1.807, 2.05) is 42.6 Å². The maximum atomic E-state index is 12.5. The number of hydrogen-bond acceptors (Lipinski definition) is 8. The van der Waals surface area contributed by atoms with E-state index in [2.05, 4.69) is 64.4 Å². The maximum Gasteiger partial charge on any atom is 0.366 e. The van der Waals surface area contributed by atoms with Crippen LogP contribution in [0, 0.1) is 0 Å². The van der Waals surface area contributed by atoms with Gasteiger partial charge >= 0.3 is 5.69 Å². The van der Waals surface area contributed by atoms with E-state index in [1.165, 1.54) is 4.68 Å². The minimum absolute atomic E-state index is 0.158. The summed E-state index contributed by atoms with van der Waals surface area (Å²) >= 11 is 0. The largest absolute Gasteiger partial charge is 0.378 e. The molecule has 0 radical (unpaired) electrons. The lowest BCUT2D eigenvalue weighted by Gasteiger charge is -2.28. The lowest BCUT2D eigenvalue weighted by atomic mass is 10.1. The number of para-hydroxylation sites is 1. The molecule has 11 nitrogen and oxygen atoms in total. The molecule has 0 amide bonds. The zero-order chi connectivity index (χ0) is 32.4. The van der Waals surface area contributed by atoms with Gasteiger partial charge in [0.2, 0.25) is 0 Å². The Hall–Kier alpha value is -4.65. The number of aromatic nitrogens is 7. The van der Waals surface area contributed by atoms with Gasteiger partial charge in [-0.05, 0) is 43.2 Å². The number of benzene rings is 2. The Morgan fingerprint density at radius 2 is 1.68 bits per heavy atom. The number of rotatable bonds is 11. The van der Waals surface area contributed by atoms with Gasteiger partial charge in [-0.25, -0.2) is 24.1 Å². The highest BCUT2D eigenvalue weighted by molar-refractivity contribution is 6.76. The summed E-state index contributed by atoms with van der Waals surface area (Å²) in [4.78, 5) is 33.7. The fourth-order valence-corrected chi connectivity index (χ4v) is 6.57. The molecule has 0 spiro atoms. The Kier molecular flexibility index (Phi) is 8.71. The van der Waals surface area contributed by atoms with E-state index in [0.717, 1.165) is 82.7 Å². The Bertz CT molecular complexity index is 2060. The molecule has 47 heavy (non-hydrogen) atoms. The normalized spacial score (nSPS) is 14.0. The van der Waals surface area contributed by atoms with Crippen molar-refractivity contribution in [1.82, 2.24) is 33.7 Å². The van der Waals surface area contributed by atoms with Crippen LogP contribution in [0.2, 0.25) is 25.7 Å². The number of ether oxygens (including phenoxy) is 2. The standard InChI is InChI=1S/C35H40N8O3Si/c1-47(2,3)21-20-46-25-43-35(44)37-24-42(43)30-14-9-27(10-15-30)32-22-36-33(40-16-18-45-19-17-40)34-39-29(23-41(32)34)13-12-28-11-8-26-6-4-5-7-31(26)38-28/h4-11,14-15,22-24H,12-13,16-21,25H2,1-3H3. The molecule has 0 atom stereocenters. The van der Waals surface area contributed by atoms with Gasteiger partial charge in [-0.1, -0.05) is 56.0 Å². The zero-order valence-corrected chi connectivity index (χ0v) is 28.2. The number of anilines is 1. The lowest BCUT2D eigenvalue weighted by Crippen LogP contribution is -2.37. The van der Waals surface area contributed by atoms with Gasteiger partial charge in [0, 0.05) is 50.6 Å². The number of pyridine rings is 1. The number of hydrogen-bond donors (Lipinski definition) is 0. The fraction of sp³-hybridized carbons (Fsp3) is 0.343. The van der Waals surface area contributed by atoms with Crippen molar-refractivity contribution in [3.8, 4) is 16.9 Å². The number of aryl methyl sites for hydroxylation is 2. The predicted molar refractivity (Wildman–Crippen MR) is 186 cm³/mol. The Morgan fingerprint density at radius 1 is 0.894 bits per heavy atom. The van der Waals surface area contributed by atoms with Crippen LogP contribution in [0.1, 0.15) is 11.4 Å². The van der Waals surface area contributed by atoms with Gasteiger partial charge in [-0.2, -0.15) is 4.98 Å². The molecule has 0 N–H and O–H groups in total. The second-order valence-electron chi connectivity index (χ2n) is 13.2. The summed E-state index contributed by atoms with van der Waals surface area (Å²) in [6.45, 7) is 10.6. The van der Waals surface area contributed by atoms with Crippen molar-refractivity contribution in [1.29, 1.82) is 0 Å². The summed E-state index contributed by atoms with van der Waals surface area (Å²) in [5.41, 5.74) is 6.27. The molecule has 0 bridgehead atoms. The summed E-state index contributed by atoms with van der Waals surface area (Å²) < 4.78 is 16.9. The van der Waals surface area contributed by atoms with Crippen LogP contribution in [0.5, 0.6) is 0 Å². The van der Waals surface area contributed by atoms with Crippen molar-refractivity contribution in [3.63, 3.8) is 0 Å². The molecule has 6 aromatic rings. The Labute approximate surface area is 274 Å². The highest BCUT2D eigenvalue weighted by atomic mass is 28.3. The van der Waals surface area contributed by atoms with Crippen LogP contribution >= 0.6 is 0 Å². The topological polar surface area (TPSA) is 105 Å². The van der Waals surface area contributed by atoms with Crippen molar-refractivity contribution in [3.05, 3.63) is 101 Å². The van der Waals surface area contributed by atoms with E-state index in [-0.39, 0.29) is 12.4 Å². The average Bonchev–Trinajstić information content (AvgIpc) is 3.68. The molecule has 0 aliphatic carbocycles. The summed E-state index contributed by atoms with van der Waals surface area (Å²) in [6.07, 6.45) is 7.13. The van der Waals surface area contributed by atoms with Crippen LogP contribution < -0.4 is 10.6 Å². The third-order valence-electron chi connectivity index (χ3n) is 8.52. The molecule has 4 aromatic heterocycles. The average molecular weight is 649 g/mol. The van der Waals surface area contributed by atoms with Crippen LogP contribution in [-0.2, 0) is 29.0 Å². The molecular formula is C35H40N8O3Si. The van der Waals surface area contributed by atoms with Gasteiger partial charge in [0.15, 0.2) is 11.5 Å². The zero-order valence-electron chi connectivity index (χ0n) is 27.2. The van der Waals surface area contributed by atoms with E-state index in [1.54, 1.807) is 11.0 Å². The fourth-order valence-electron chi connectivity index (χ4n) is 5.81. The number of imidazole rings is 1. The molecule has 0 unspecified atom stereocenters. The molecule has 242 valence electrons. The van der Waals surface area contributed by atoms with E-state index < -0.39 is 8.07 Å². The second-order valence-corrected chi connectivity index (χ2v) is 18.8. The van der Waals surface area contributed by atoms with Crippen molar-refractivity contribution >= 4 is 30.4 Å². The van der Waals surface area contributed by atoms with Crippen LogP contribution in [0.25, 0.3) is 33.5 Å². The molecule has 0 saturated carbocycles. The molecule has 2 aromatic carbocycles. The van der Waals surface area contributed by atoms with Gasteiger partial charge in [0.1, 0.15) is 13.1 Å². The second kappa shape index (κ2) is 13.2. The van der Waals surface area contributed by atoms with E-state index >= 15 is 0 Å². The van der Waals surface area contributed by atoms with E-state index in [9.17, 15) is 4.79 Å². The number of morpholine rings is 1. The summed E-state index contributed by atoms with van der Waals surface area (Å²) in [6, 6.07) is 21.5. The van der Waals surface area contributed by atoms with Gasteiger partial charge in [0.05, 0.1) is 42.0 Å². The monoisotopic (exact) mass is 648 g/mol. The van der Waals surface area contributed by atoms with Crippen molar-refractivity contribution in [2.24, 2.45) is 0 Å². The van der Waals surface area contributed by atoms with E-state index in [0.29, 0.717) is 19.8 Å². The quantitative estimate of drug-likeness (QED) is 0.139. The Balaban J connectivity index is 1.16. The molecule has 1 aliphatic rings. The molecule has 5 heterocycles. The summed E-state index contributed by atoms with van der Waals surface area (Å²) in [7, 11) is -1.23. The smallest absolute Gasteiger partial charge is 0.366 e. The molecule has 1 saturated heterocycles. The minimum atomic E-state index is -1.23. The predicted octanol–water partition coefficient (Wildman–Crippen LogP) is 5.23. The first kappa shape index (κ1) is 31.0. The van der Waals surface area contributed by atoms with Crippen LogP contribution in [-0.4, -0.2) is 74.7 Å². The third-order valence-corrected chi connectivity index (χ3v) is 10.2. The summed E-state index contributed by atoms with van der Waals surface area (Å²) in [5.74, 6) is 0.861. The summed E-state index contributed by atoms with van der Waals surface area (Å²) in [5, 5.41) is 1.14. The highest BCUT2D eigenvalue weighted by Gasteiger charge is 2.20. The molecule has 1 aliphatic heterocycles.